The average Bonchev–Trinajstić information content (AvgIpc) is 2.26. The Bertz CT molecular complexity index is 253. The van der Waals surface area contributed by atoms with E-state index in [1.54, 1.807) is 24.2 Å². The molecule has 0 aliphatic rings. The van der Waals surface area contributed by atoms with Gasteiger partial charge < -0.3 is 5.73 Å². The van der Waals surface area contributed by atoms with Gasteiger partial charge in [-0.2, -0.15) is 0 Å². The number of rotatable bonds is 5. The van der Waals surface area contributed by atoms with E-state index in [1.807, 2.05) is 6.07 Å². The van der Waals surface area contributed by atoms with Crippen molar-refractivity contribution in [2.75, 3.05) is 5.75 Å². The van der Waals surface area contributed by atoms with Gasteiger partial charge >= 0.3 is 0 Å². The molecule has 1 aromatic heterocycles. The topological polar surface area (TPSA) is 51.8 Å². The Labute approximate surface area is 89.5 Å². The lowest BCUT2D eigenvalue weighted by atomic mass is 10.0. The molecule has 0 radical (unpaired) electrons. The number of thioether (sulfide) groups is 1. The maximum Gasteiger partial charge on any atom is 0.187 e. The molecule has 1 aromatic rings. The molecule has 0 spiro atoms. The number of nitrogens with zero attached hydrogens (tertiary/aromatic N) is 2. The van der Waals surface area contributed by atoms with Crippen molar-refractivity contribution in [3.63, 3.8) is 0 Å². The SMILES string of the molecule is CC[C@@H](C)[C@@H](N)CSc1ncccn1. The second-order valence-electron chi connectivity index (χ2n) is 3.39. The monoisotopic (exact) mass is 211 g/mol. The van der Waals surface area contributed by atoms with E-state index < -0.39 is 0 Å². The number of aromatic nitrogens is 2. The normalized spacial score (nSPS) is 15.1. The van der Waals surface area contributed by atoms with Crippen LogP contribution in [0, 0.1) is 5.92 Å². The van der Waals surface area contributed by atoms with Gasteiger partial charge in [-0.1, -0.05) is 32.0 Å². The predicted octanol–water partition coefficient (Wildman–Crippen LogP) is 1.94. The van der Waals surface area contributed by atoms with Gasteiger partial charge in [0.1, 0.15) is 0 Å². The third kappa shape index (κ3) is 3.64. The van der Waals surface area contributed by atoms with E-state index >= 15 is 0 Å². The number of hydrogen-bond acceptors (Lipinski definition) is 4. The fraction of sp³-hybridized carbons (Fsp3) is 0.600. The molecule has 4 heteroatoms. The Morgan fingerprint density at radius 3 is 2.64 bits per heavy atom. The van der Waals surface area contributed by atoms with Crippen LogP contribution in [-0.4, -0.2) is 21.8 Å². The van der Waals surface area contributed by atoms with E-state index in [2.05, 4.69) is 23.8 Å². The van der Waals surface area contributed by atoms with Crippen LogP contribution in [0.4, 0.5) is 0 Å². The van der Waals surface area contributed by atoms with Crippen LogP contribution >= 0.6 is 11.8 Å². The first kappa shape index (κ1) is 11.5. The zero-order chi connectivity index (χ0) is 10.4. The van der Waals surface area contributed by atoms with Crippen molar-refractivity contribution in [2.45, 2.75) is 31.5 Å². The van der Waals surface area contributed by atoms with E-state index in [4.69, 9.17) is 5.73 Å². The molecule has 2 atom stereocenters. The number of nitrogens with two attached hydrogens (primary N) is 1. The second-order valence-corrected chi connectivity index (χ2v) is 4.38. The summed E-state index contributed by atoms with van der Waals surface area (Å²) in [7, 11) is 0. The molecule has 14 heavy (non-hydrogen) atoms. The van der Waals surface area contributed by atoms with Gasteiger partial charge in [0.25, 0.3) is 0 Å². The minimum atomic E-state index is 0.230. The lowest BCUT2D eigenvalue weighted by Gasteiger charge is -2.16. The summed E-state index contributed by atoms with van der Waals surface area (Å²) in [4.78, 5) is 8.26. The highest BCUT2D eigenvalue weighted by Gasteiger charge is 2.11. The summed E-state index contributed by atoms with van der Waals surface area (Å²) in [5, 5.41) is 0.811. The Morgan fingerprint density at radius 1 is 1.43 bits per heavy atom. The van der Waals surface area contributed by atoms with Crippen LogP contribution in [0.1, 0.15) is 20.3 Å². The second kappa shape index (κ2) is 5.98. The molecule has 1 heterocycles. The Kier molecular flexibility index (Phi) is 4.90. The van der Waals surface area contributed by atoms with Gasteiger partial charge in [0.2, 0.25) is 0 Å². The van der Waals surface area contributed by atoms with Crippen LogP contribution < -0.4 is 5.73 Å². The summed E-state index contributed by atoms with van der Waals surface area (Å²) in [5.74, 6) is 1.45. The van der Waals surface area contributed by atoms with Crippen molar-refractivity contribution in [2.24, 2.45) is 11.7 Å². The third-order valence-corrected chi connectivity index (χ3v) is 3.34. The van der Waals surface area contributed by atoms with Gasteiger partial charge in [-0.05, 0) is 12.0 Å². The maximum absolute atomic E-state index is 6.00. The maximum atomic E-state index is 6.00. The minimum Gasteiger partial charge on any atom is -0.327 e. The fourth-order valence-corrected chi connectivity index (χ4v) is 1.94. The average molecular weight is 211 g/mol. The first-order valence-electron chi connectivity index (χ1n) is 4.89. The van der Waals surface area contributed by atoms with E-state index in [1.165, 1.54) is 0 Å². The molecule has 0 aliphatic carbocycles. The van der Waals surface area contributed by atoms with Gasteiger partial charge in [-0.25, -0.2) is 9.97 Å². The quantitative estimate of drug-likeness (QED) is 0.597. The first-order chi connectivity index (χ1) is 6.74. The zero-order valence-corrected chi connectivity index (χ0v) is 9.50. The standard InChI is InChI=1S/C10H17N3S/c1-3-8(2)9(11)7-14-10-12-5-4-6-13-10/h4-6,8-9H,3,7,11H2,1-2H3/t8-,9+/m1/s1. The first-order valence-corrected chi connectivity index (χ1v) is 5.88. The lowest BCUT2D eigenvalue weighted by molar-refractivity contribution is 0.475. The van der Waals surface area contributed by atoms with Crippen LogP contribution in [0.3, 0.4) is 0 Å². The molecule has 2 N–H and O–H groups in total. The summed E-state index contributed by atoms with van der Waals surface area (Å²) < 4.78 is 0. The summed E-state index contributed by atoms with van der Waals surface area (Å²) in [6.07, 6.45) is 4.63. The highest BCUT2D eigenvalue weighted by molar-refractivity contribution is 7.99. The summed E-state index contributed by atoms with van der Waals surface area (Å²) in [6, 6.07) is 2.05. The third-order valence-electron chi connectivity index (χ3n) is 2.32. The molecular weight excluding hydrogens is 194 g/mol. The summed E-state index contributed by atoms with van der Waals surface area (Å²) in [6.45, 7) is 4.34. The Hall–Kier alpha value is -0.610. The van der Waals surface area contributed by atoms with Crippen molar-refractivity contribution in [3.8, 4) is 0 Å². The molecule has 1 rings (SSSR count). The van der Waals surface area contributed by atoms with Crippen molar-refractivity contribution >= 4 is 11.8 Å². The summed E-state index contributed by atoms with van der Waals surface area (Å²) in [5.41, 5.74) is 6.00. The van der Waals surface area contributed by atoms with Crippen molar-refractivity contribution < 1.29 is 0 Å². The molecule has 0 amide bonds. The van der Waals surface area contributed by atoms with E-state index in [9.17, 15) is 0 Å². The molecule has 0 unspecified atom stereocenters. The van der Waals surface area contributed by atoms with E-state index in [-0.39, 0.29) is 6.04 Å². The van der Waals surface area contributed by atoms with Gasteiger partial charge in [0.05, 0.1) is 0 Å². The molecule has 78 valence electrons. The minimum absolute atomic E-state index is 0.230. The highest BCUT2D eigenvalue weighted by Crippen LogP contribution is 2.16. The molecule has 0 saturated heterocycles. The molecule has 3 nitrogen and oxygen atoms in total. The largest absolute Gasteiger partial charge is 0.327 e. The van der Waals surface area contributed by atoms with E-state index in [0.717, 1.165) is 17.3 Å². The van der Waals surface area contributed by atoms with Crippen molar-refractivity contribution in [1.29, 1.82) is 0 Å². The van der Waals surface area contributed by atoms with Crippen molar-refractivity contribution in [3.05, 3.63) is 18.5 Å². The van der Waals surface area contributed by atoms with E-state index in [0.29, 0.717) is 5.92 Å². The van der Waals surface area contributed by atoms with Gasteiger partial charge in [0, 0.05) is 24.2 Å². The molecular formula is C10H17N3S. The smallest absolute Gasteiger partial charge is 0.187 e. The van der Waals surface area contributed by atoms with Crippen LogP contribution in [0.5, 0.6) is 0 Å². The van der Waals surface area contributed by atoms with Crippen LogP contribution in [-0.2, 0) is 0 Å². The zero-order valence-electron chi connectivity index (χ0n) is 8.68. The lowest BCUT2D eigenvalue weighted by Crippen LogP contribution is -2.30. The van der Waals surface area contributed by atoms with Crippen LogP contribution in [0.25, 0.3) is 0 Å². The summed E-state index contributed by atoms with van der Waals surface area (Å²) >= 11 is 1.62. The highest BCUT2D eigenvalue weighted by atomic mass is 32.2. The molecule has 0 aromatic carbocycles. The predicted molar refractivity (Wildman–Crippen MR) is 60.2 cm³/mol. The Morgan fingerprint density at radius 2 is 2.07 bits per heavy atom. The van der Waals surface area contributed by atoms with Gasteiger partial charge in [-0.3, -0.25) is 0 Å². The van der Waals surface area contributed by atoms with Crippen LogP contribution in [0.15, 0.2) is 23.6 Å². The molecule has 0 bridgehead atoms. The van der Waals surface area contributed by atoms with Crippen molar-refractivity contribution in [1.82, 2.24) is 9.97 Å². The van der Waals surface area contributed by atoms with Gasteiger partial charge in [-0.15, -0.1) is 0 Å². The number of hydrogen-bond donors (Lipinski definition) is 1. The Balaban J connectivity index is 2.34. The molecule has 0 saturated carbocycles. The fourth-order valence-electron chi connectivity index (χ4n) is 0.998. The molecule has 0 fully saturated rings. The van der Waals surface area contributed by atoms with Crippen LogP contribution in [0.2, 0.25) is 0 Å². The van der Waals surface area contributed by atoms with Gasteiger partial charge in [0.15, 0.2) is 5.16 Å². The molecule has 0 aliphatic heterocycles.